The molecule has 1 saturated heterocycles. The fourth-order valence-electron chi connectivity index (χ4n) is 3.95. The summed E-state index contributed by atoms with van der Waals surface area (Å²) < 4.78 is 40.7. The number of aryl methyl sites for hydroxylation is 2. The van der Waals surface area contributed by atoms with Gasteiger partial charge in [0.25, 0.3) is 0 Å². The minimum atomic E-state index is -4.25. The Kier molecular flexibility index (Phi) is 7.91. The molecular weight excluding hydrogens is 383 g/mol. The molecule has 1 aliphatic heterocycles. The maximum absolute atomic E-state index is 12.3. The Morgan fingerprint density at radius 2 is 1.72 bits per heavy atom. The number of nitrogens with one attached hydrogen (secondary N) is 1. The monoisotopic (exact) mass is 413 g/mol. The number of anilines is 1. The summed E-state index contributed by atoms with van der Waals surface area (Å²) in [5, 5.41) is 3.00. The summed E-state index contributed by atoms with van der Waals surface area (Å²) in [7, 11) is 0. The molecule has 0 bridgehead atoms. The third-order valence-corrected chi connectivity index (χ3v) is 5.53. The second-order valence-electron chi connectivity index (χ2n) is 7.84. The first-order valence-corrected chi connectivity index (χ1v) is 10.4. The number of carbonyl (C=O) groups excluding carboxylic acids is 1. The number of hydrogen-bond donors (Lipinski definition) is 1. The summed E-state index contributed by atoms with van der Waals surface area (Å²) in [4.78, 5) is 16.7. The lowest BCUT2D eigenvalue weighted by molar-refractivity contribution is -0.174. The minimum Gasteiger partial charge on any atom is -0.372 e. The van der Waals surface area contributed by atoms with Crippen molar-refractivity contribution in [3.05, 3.63) is 29.3 Å². The summed E-state index contributed by atoms with van der Waals surface area (Å²) in [5.74, 6) is 0.0344. The SMILES string of the molecule is O=C(CCN1CCN(CCCOCC(F)(F)F)CC1)Nc1ccc2c(c1)CCC2. The van der Waals surface area contributed by atoms with Gasteiger partial charge in [0.05, 0.1) is 0 Å². The van der Waals surface area contributed by atoms with Crippen LogP contribution in [0.15, 0.2) is 18.2 Å². The number of ether oxygens (including phenoxy) is 1. The third kappa shape index (κ3) is 7.60. The molecule has 5 nitrogen and oxygen atoms in total. The Bertz CT molecular complexity index is 674. The molecule has 2 aliphatic rings. The van der Waals surface area contributed by atoms with E-state index in [9.17, 15) is 18.0 Å². The molecule has 0 spiro atoms. The van der Waals surface area contributed by atoms with Crippen molar-refractivity contribution in [2.45, 2.75) is 38.3 Å². The number of piperazine rings is 1. The van der Waals surface area contributed by atoms with Gasteiger partial charge in [-0.2, -0.15) is 13.2 Å². The highest BCUT2D eigenvalue weighted by molar-refractivity contribution is 5.91. The topological polar surface area (TPSA) is 44.8 Å². The smallest absolute Gasteiger partial charge is 0.372 e. The Morgan fingerprint density at radius 1 is 1.03 bits per heavy atom. The number of fused-ring (bicyclic) bond motifs is 1. The van der Waals surface area contributed by atoms with Crippen molar-refractivity contribution in [3.8, 4) is 0 Å². The number of rotatable bonds is 9. The summed E-state index contributed by atoms with van der Waals surface area (Å²) in [6.07, 6.45) is 0.229. The van der Waals surface area contributed by atoms with E-state index in [1.807, 2.05) is 6.07 Å². The first-order valence-electron chi connectivity index (χ1n) is 10.4. The van der Waals surface area contributed by atoms with Crippen LogP contribution in [0.2, 0.25) is 0 Å². The van der Waals surface area contributed by atoms with Crippen molar-refractivity contribution in [3.63, 3.8) is 0 Å². The summed E-state index contributed by atoms with van der Waals surface area (Å²) in [6.45, 7) is 3.89. The van der Waals surface area contributed by atoms with Crippen molar-refractivity contribution in [2.24, 2.45) is 0 Å². The van der Waals surface area contributed by atoms with Gasteiger partial charge in [0.1, 0.15) is 6.61 Å². The van der Waals surface area contributed by atoms with Crippen LogP contribution in [0, 0.1) is 0 Å². The highest BCUT2D eigenvalue weighted by Crippen LogP contribution is 2.25. The molecule has 1 fully saturated rings. The molecule has 29 heavy (non-hydrogen) atoms. The van der Waals surface area contributed by atoms with Crippen molar-refractivity contribution in [2.75, 3.05) is 57.8 Å². The molecule has 1 N–H and O–H groups in total. The molecule has 1 heterocycles. The molecule has 3 rings (SSSR count). The Labute approximate surface area is 170 Å². The standard InChI is InChI=1S/C21H30F3N3O2/c22-21(23,24)16-29-14-2-8-26-10-12-27(13-11-26)9-7-20(28)25-19-6-5-17-3-1-4-18(17)15-19/h5-6,15H,1-4,7-14,16H2,(H,25,28). The van der Waals surface area contributed by atoms with Crippen LogP contribution in [0.25, 0.3) is 0 Å². The number of alkyl halides is 3. The highest BCUT2D eigenvalue weighted by Gasteiger charge is 2.27. The number of amides is 1. The second kappa shape index (κ2) is 10.4. The van der Waals surface area contributed by atoms with E-state index >= 15 is 0 Å². The predicted octanol–water partition coefficient (Wildman–Crippen LogP) is 3.09. The van der Waals surface area contributed by atoms with E-state index in [4.69, 9.17) is 0 Å². The van der Waals surface area contributed by atoms with Gasteiger partial charge < -0.3 is 19.9 Å². The normalized spacial score (nSPS) is 18.0. The summed E-state index contributed by atoms with van der Waals surface area (Å²) >= 11 is 0. The molecule has 1 aliphatic carbocycles. The lowest BCUT2D eigenvalue weighted by Gasteiger charge is -2.34. The van der Waals surface area contributed by atoms with Crippen molar-refractivity contribution < 1.29 is 22.7 Å². The summed E-state index contributed by atoms with van der Waals surface area (Å²) in [5.41, 5.74) is 3.63. The van der Waals surface area contributed by atoms with Gasteiger partial charge in [0.15, 0.2) is 0 Å². The molecule has 0 saturated carbocycles. The zero-order chi connectivity index (χ0) is 20.7. The Balaban J connectivity index is 1.26. The number of hydrogen-bond acceptors (Lipinski definition) is 4. The molecule has 1 aromatic carbocycles. The Hall–Kier alpha value is -1.64. The fourth-order valence-corrected chi connectivity index (χ4v) is 3.95. The van der Waals surface area contributed by atoms with E-state index in [0.29, 0.717) is 12.8 Å². The average molecular weight is 413 g/mol. The number of benzene rings is 1. The number of nitrogens with zero attached hydrogens (tertiary/aromatic N) is 2. The average Bonchev–Trinajstić information content (AvgIpc) is 3.14. The van der Waals surface area contributed by atoms with E-state index < -0.39 is 12.8 Å². The number of halogens is 3. The first kappa shape index (κ1) is 22.1. The van der Waals surface area contributed by atoms with Crippen LogP contribution >= 0.6 is 0 Å². The zero-order valence-corrected chi connectivity index (χ0v) is 16.8. The van der Waals surface area contributed by atoms with Gasteiger partial charge in [-0.1, -0.05) is 6.07 Å². The predicted molar refractivity (Wildman–Crippen MR) is 106 cm³/mol. The molecule has 8 heteroatoms. The number of carbonyl (C=O) groups is 1. The molecule has 162 valence electrons. The van der Waals surface area contributed by atoms with Crippen LogP contribution in [0.1, 0.15) is 30.4 Å². The molecule has 0 unspecified atom stereocenters. The molecule has 0 aromatic heterocycles. The third-order valence-electron chi connectivity index (χ3n) is 5.53. The van der Waals surface area contributed by atoms with E-state index in [-0.39, 0.29) is 12.5 Å². The fraction of sp³-hybridized carbons (Fsp3) is 0.667. The van der Waals surface area contributed by atoms with E-state index in [2.05, 4.69) is 32.0 Å². The molecular formula is C21H30F3N3O2. The van der Waals surface area contributed by atoms with Crippen LogP contribution in [0.3, 0.4) is 0 Å². The van der Waals surface area contributed by atoms with Crippen molar-refractivity contribution >= 4 is 11.6 Å². The molecule has 0 radical (unpaired) electrons. The van der Waals surface area contributed by atoms with E-state index in [1.54, 1.807) is 0 Å². The lowest BCUT2D eigenvalue weighted by Crippen LogP contribution is -2.47. The molecule has 1 amide bonds. The van der Waals surface area contributed by atoms with Gasteiger partial charge in [-0.05, 0) is 48.9 Å². The van der Waals surface area contributed by atoms with Crippen molar-refractivity contribution in [1.29, 1.82) is 0 Å². The Morgan fingerprint density at radius 3 is 2.45 bits per heavy atom. The van der Waals surface area contributed by atoms with Crippen LogP contribution in [0.4, 0.5) is 18.9 Å². The minimum absolute atomic E-state index is 0.0344. The lowest BCUT2D eigenvalue weighted by atomic mass is 10.1. The van der Waals surface area contributed by atoms with Gasteiger partial charge in [0, 0.05) is 58.0 Å². The van der Waals surface area contributed by atoms with Crippen LogP contribution in [-0.2, 0) is 22.4 Å². The molecule has 1 aromatic rings. The second-order valence-corrected chi connectivity index (χ2v) is 7.84. The van der Waals surface area contributed by atoms with Crippen LogP contribution in [0.5, 0.6) is 0 Å². The maximum Gasteiger partial charge on any atom is 0.411 e. The van der Waals surface area contributed by atoms with Gasteiger partial charge in [0.2, 0.25) is 5.91 Å². The van der Waals surface area contributed by atoms with Crippen molar-refractivity contribution in [1.82, 2.24) is 9.80 Å². The van der Waals surface area contributed by atoms with Gasteiger partial charge >= 0.3 is 6.18 Å². The quantitative estimate of drug-likeness (QED) is 0.632. The highest BCUT2D eigenvalue weighted by atomic mass is 19.4. The van der Waals surface area contributed by atoms with Gasteiger partial charge in [-0.3, -0.25) is 4.79 Å². The van der Waals surface area contributed by atoms with E-state index in [0.717, 1.165) is 57.8 Å². The zero-order valence-electron chi connectivity index (χ0n) is 16.8. The first-order chi connectivity index (χ1) is 13.9. The maximum atomic E-state index is 12.3. The largest absolute Gasteiger partial charge is 0.411 e. The van der Waals surface area contributed by atoms with Gasteiger partial charge in [-0.15, -0.1) is 0 Å². The summed E-state index contributed by atoms with van der Waals surface area (Å²) in [6, 6.07) is 6.20. The van der Waals surface area contributed by atoms with Crippen LogP contribution < -0.4 is 5.32 Å². The molecule has 0 atom stereocenters. The van der Waals surface area contributed by atoms with Gasteiger partial charge in [-0.25, -0.2) is 0 Å². The van der Waals surface area contributed by atoms with Crippen LogP contribution in [-0.4, -0.2) is 74.4 Å². The van der Waals surface area contributed by atoms with E-state index in [1.165, 1.54) is 17.5 Å².